The maximum absolute atomic E-state index is 6.15. The molecule has 0 heterocycles. The molecular formula is C17H26ClNO. The average Bonchev–Trinajstić information content (AvgIpc) is 2.64. The minimum Gasteiger partial charge on any atom is -0.381 e. The van der Waals surface area contributed by atoms with Crippen molar-refractivity contribution < 1.29 is 4.74 Å². The van der Waals surface area contributed by atoms with Crippen molar-refractivity contribution >= 4 is 11.6 Å². The van der Waals surface area contributed by atoms with Crippen LogP contribution in [0.3, 0.4) is 0 Å². The Morgan fingerprint density at radius 3 is 2.90 bits per heavy atom. The van der Waals surface area contributed by atoms with Gasteiger partial charge in [0.05, 0.1) is 0 Å². The van der Waals surface area contributed by atoms with E-state index in [1.807, 2.05) is 6.07 Å². The van der Waals surface area contributed by atoms with Crippen LogP contribution in [0.2, 0.25) is 5.02 Å². The summed E-state index contributed by atoms with van der Waals surface area (Å²) in [5, 5.41) is 4.53. The molecule has 1 N–H and O–H groups in total. The van der Waals surface area contributed by atoms with Crippen LogP contribution in [0.4, 0.5) is 0 Å². The van der Waals surface area contributed by atoms with E-state index >= 15 is 0 Å². The van der Waals surface area contributed by atoms with Crippen LogP contribution in [0.25, 0.3) is 0 Å². The van der Waals surface area contributed by atoms with Crippen molar-refractivity contribution in [3.05, 3.63) is 34.3 Å². The van der Waals surface area contributed by atoms with Crippen LogP contribution in [0, 0.1) is 5.41 Å². The third-order valence-electron chi connectivity index (χ3n) is 4.01. The Hall–Kier alpha value is -0.570. The largest absolute Gasteiger partial charge is 0.381 e. The molecule has 0 bridgehead atoms. The van der Waals surface area contributed by atoms with Crippen LogP contribution in [0.15, 0.2) is 18.2 Å². The van der Waals surface area contributed by atoms with Crippen molar-refractivity contribution in [1.29, 1.82) is 0 Å². The lowest BCUT2D eigenvalue weighted by molar-refractivity contribution is 0.130. The second-order valence-corrected chi connectivity index (χ2v) is 6.80. The van der Waals surface area contributed by atoms with Gasteiger partial charge in [0, 0.05) is 24.3 Å². The highest BCUT2D eigenvalue weighted by Crippen LogP contribution is 2.45. The van der Waals surface area contributed by atoms with E-state index in [4.69, 9.17) is 16.3 Å². The molecule has 20 heavy (non-hydrogen) atoms. The summed E-state index contributed by atoms with van der Waals surface area (Å²) in [6, 6.07) is 6.68. The second kappa shape index (κ2) is 6.93. The van der Waals surface area contributed by atoms with Crippen LogP contribution in [0.1, 0.15) is 50.8 Å². The zero-order chi connectivity index (χ0) is 14.6. The predicted octanol–water partition coefficient (Wildman–Crippen LogP) is 4.37. The predicted molar refractivity (Wildman–Crippen MR) is 85.4 cm³/mol. The van der Waals surface area contributed by atoms with E-state index in [1.54, 1.807) is 0 Å². The topological polar surface area (TPSA) is 21.3 Å². The highest BCUT2D eigenvalue weighted by molar-refractivity contribution is 6.30. The van der Waals surface area contributed by atoms with Gasteiger partial charge >= 0.3 is 0 Å². The molecule has 2 nitrogen and oxygen atoms in total. The van der Waals surface area contributed by atoms with E-state index in [1.165, 1.54) is 11.1 Å². The maximum Gasteiger partial charge on any atom is 0.0478 e. The lowest BCUT2D eigenvalue weighted by Gasteiger charge is -2.28. The summed E-state index contributed by atoms with van der Waals surface area (Å²) in [4.78, 5) is 0. The Morgan fingerprint density at radius 1 is 1.35 bits per heavy atom. The van der Waals surface area contributed by atoms with Crippen LogP contribution in [0.5, 0.6) is 0 Å². The first-order chi connectivity index (χ1) is 9.54. The van der Waals surface area contributed by atoms with E-state index in [0.717, 1.165) is 44.0 Å². The molecule has 1 aliphatic carbocycles. The van der Waals surface area contributed by atoms with Crippen LogP contribution < -0.4 is 5.32 Å². The summed E-state index contributed by atoms with van der Waals surface area (Å²) in [5.74, 6) is 0. The summed E-state index contributed by atoms with van der Waals surface area (Å²) in [6.07, 6.45) is 3.26. The third kappa shape index (κ3) is 3.75. The number of hydrogen-bond donors (Lipinski definition) is 1. The monoisotopic (exact) mass is 295 g/mol. The minimum absolute atomic E-state index is 0.247. The number of ether oxygens (including phenoxy) is 1. The molecule has 0 amide bonds. The van der Waals surface area contributed by atoms with Gasteiger partial charge in [-0.15, -0.1) is 0 Å². The van der Waals surface area contributed by atoms with Gasteiger partial charge in [-0.1, -0.05) is 38.4 Å². The summed E-state index contributed by atoms with van der Waals surface area (Å²) in [5.41, 5.74) is 3.05. The fraction of sp³-hybridized carbons (Fsp3) is 0.647. The number of halogens is 1. The fourth-order valence-electron chi connectivity index (χ4n) is 3.06. The first-order valence-corrected chi connectivity index (χ1v) is 8.02. The van der Waals surface area contributed by atoms with Gasteiger partial charge in [-0.3, -0.25) is 0 Å². The van der Waals surface area contributed by atoms with Crippen molar-refractivity contribution in [3.8, 4) is 0 Å². The number of hydrogen-bond acceptors (Lipinski definition) is 2. The molecule has 1 aromatic carbocycles. The number of nitrogens with one attached hydrogen (secondary N) is 1. The quantitative estimate of drug-likeness (QED) is 0.754. The van der Waals surface area contributed by atoms with Crippen LogP contribution in [-0.2, 0) is 11.2 Å². The first kappa shape index (κ1) is 15.8. The van der Waals surface area contributed by atoms with E-state index in [-0.39, 0.29) is 5.41 Å². The molecule has 2 rings (SSSR count). The Bertz CT molecular complexity index is 445. The highest BCUT2D eigenvalue weighted by atomic mass is 35.5. The third-order valence-corrected chi connectivity index (χ3v) is 4.24. The van der Waals surface area contributed by atoms with Crippen LogP contribution in [-0.4, -0.2) is 19.8 Å². The minimum atomic E-state index is 0.247. The molecule has 0 radical (unpaired) electrons. The number of benzene rings is 1. The Labute approximate surface area is 127 Å². The van der Waals surface area contributed by atoms with Gasteiger partial charge in [0.15, 0.2) is 0 Å². The fourth-order valence-corrected chi connectivity index (χ4v) is 3.24. The van der Waals surface area contributed by atoms with Gasteiger partial charge in [0.25, 0.3) is 0 Å². The SMILES string of the molecule is CCCOCCCNC1c2cc(Cl)ccc2CC1(C)C. The van der Waals surface area contributed by atoms with E-state index in [9.17, 15) is 0 Å². The molecule has 3 heteroatoms. The molecule has 1 aromatic rings. The van der Waals surface area contributed by atoms with Gasteiger partial charge in [-0.05, 0) is 54.5 Å². The van der Waals surface area contributed by atoms with E-state index < -0.39 is 0 Å². The second-order valence-electron chi connectivity index (χ2n) is 6.36. The summed E-state index contributed by atoms with van der Waals surface area (Å²) >= 11 is 6.15. The van der Waals surface area contributed by atoms with Crippen LogP contribution >= 0.6 is 11.6 Å². The molecule has 0 saturated carbocycles. The lowest BCUT2D eigenvalue weighted by atomic mass is 9.85. The van der Waals surface area contributed by atoms with Crippen molar-refractivity contribution in [1.82, 2.24) is 5.32 Å². The molecule has 0 spiro atoms. The van der Waals surface area contributed by atoms with E-state index in [2.05, 4.69) is 38.2 Å². The molecule has 1 atom stereocenters. The standard InChI is InChI=1S/C17H26ClNO/c1-4-9-20-10-5-8-19-16-15-11-14(18)7-6-13(15)12-17(16,2)3/h6-7,11,16,19H,4-5,8-10,12H2,1-3H3. The summed E-state index contributed by atoms with van der Waals surface area (Å²) in [6.45, 7) is 9.49. The average molecular weight is 296 g/mol. The van der Waals surface area contributed by atoms with E-state index in [0.29, 0.717) is 6.04 Å². The zero-order valence-electron chi connectivity index (χ0n) is 12.8. The zero-order valence-corrected chi connectivity index (χ0v) is 13.6. The number of fused-ring (bicyclic) bond motifs is 1. The molecule has 1 unspecified atom stereocenters. The van der Waals surface area contributed by atoms with Crippen molar-refractivity contribution in [3.63, 3.8) is 0 Å². The highest BCUT2D eigenvalue weighted by Gasteiger charge is 2.38. The van der Waals surface area contributed by atoms with Gasteiger partial charge in [0.2, 0.25) is 0 Å². The molecule has 1 aliphatic rings. The Balaban J connectivity index is 1.91. The number of rotatable bonds is 7. The van der Waals surface area contributed by atoms with Gasteiger partial charge in [0.1, 0.15) is 0 Å². The summed E-state index contributed by atoms with van der Waals surface area (Å²) < 4.78 is 5.53. The van der Waals surface area contributed by atoms with Crippen molar-refractivity contribution in [2.75, 3.05) is 19.8 Å². The Kier molecular flexibility index (Phi) is 5.48. The van der Waals surface area contributed by atoms with Crippen molar-refractivity contribution in [2.45, 2.75) is 46.1 Å². The molecule has 0 aromatic heterocycles. The molecule has 0 fully saturated rings. The lowest BCUT2D eigenvalue weighted by Crippen LogP contribution is -2.32. The molecular weight excluding hydrogens is 270 g/mol. The maximum atomic E-state index is 6.15. The van der Waals surface area contributed by atoms with Gasteiger partial charge < -0.3 is 10.1 Å². The van der Waals surface area contributed by atoms with Gasteiger partial charge in [-0.25, -0.2) is 0 Å². The normalized spacial score (nSPS) is 20.1. The van der Waals surface area contributed by atoms with Gasteiger partial charge in [-0.2, -0.15) is 0 Å². The molecule has 0 aliphatic heterocycles. The Morgan fingerprint density at radius 2 is 2.15 bits per heavy atom. The molecule has 0 saturated heterocycles. The smallest absolute Gasteiger partial charge is 0.0478 e. The first-order valence-electron chi connectivity index (χ1n) is 7.64. The van der Waals surface area contributed by atoms with Crippen molar-refractivity contribution in [2.24, 2.45) is 5.41 Å². The molecule has 112 valence electrons. The summed E-state index contributed by atoms with van der Waals surface area (Å²) in [7, 11) is 0.